The molecule has 2 aliphatic rings. The van der Waals surface area contributed by atoms with Gasteiger partial charge in [-0.3, -0.25) is 14.7 Å². The summed E-state index contributed by atoms with van der Waals surface area (Å²) in [6, 6.07) is 4.87. The van der Waals surface area contributed by atoms with Crippen LogP contribution in [0.2, 0.25) is 5.02 Å². The Balaban J connectivity index is 1.42. The SMILES string of the molecule is CN1CCN(CC(=O)N[C@@H]2CCN(S(=O)(=O)c3cccc4cncc(Cl)c34)C2)CC1. The van der Waals surface area contributed by atoms with Crippen molar-refractivity contribution in [3.63, 3.8) is 0 Å². The van der Waals surface area contributed by atoms with Crippen molar-refractivity contribution in [1.82, 2.24) is 24.4 Å². The van der Waals surface area contributed by atoms with E-state index in [1.807, 2.05) is 0 Å². The second-order valence-electron chi connectivity index (χ2n) is 7.97. The minimum Gasteiger partial charge on any atom is -0.351 e. The first-order valence-corrected chi connectivity index (χ1v) is 11.9. The van der Waals surface area contributed by atoms with Crippen LogP contribution in [0, 0.1) is 0 Å². The van der Waals surface area contributed by atoms with Crippen LogP contribution in [0.3, 0.4) is 0 Å². The number of rotatable bonds is 5. The lowest BCUT2D eigenvalue weighted by Crippen LogP contribution is -2.49. The number of nitrogens with one attached hydrogen (secondary N) is 1. The smallest absolute Gasteiger partial charge is 0.243 e. The average Bonchev–Trinajstić information content (AvgIpc) is 3.19. The maximum atomic E-state index is 13.3. The topological polar surface area (TPSA) is 85.9 Å². The molecule has 1 N–H and O–H groups in total. The fraction of sp³-hybridized carbons (Fsp3) is 0.500. The molecule has 2 saturated heterocycles. The van der Waals surface area contributed by atoms with E-state index in [1.165, 1.54) is 10.5 Å². The number of benzene rings is 1. The van der Waals surface area contributed by atoms with E-state index in [2.05, 4.69) is 27.1 Å². The molecule has 0 aliphatic carbocycles. The number of carbonyl (C=O) groups excluding carboxylic acids is 1. The average molecular weight is 452 g/mol. The molecule has 2 aliphatic heterocycles. The van der Waals surface area contributed by atoms with Crippen molar-refractivity contribution in [2.75, 3.05) is 52.9 Å². The monoisotopic (exact) mass is 451 g/mol. The molecule has 0 saturated carbocycles. The summed E-state index contributed by atoms with van der Waals surface area (Å²) in [6.07, 6.45) is 3.65. The summed E-state index contributed by atoms with van der Waals surface area (Å²) in [5.74, 6) is -0.0527. The number of fused-ring (bicyclic) bond motifs is 1. The van der Waals surface area contributed by atoms with Crippen LogP contribution in [0.4, 0.5) is 0 Å². The highest BCUT2D eigenvalue weighted by molar-refractivity contribution is 7.89. The number of halogens is 1. The number of nitrogens with zero attached hydrogens (tertiary/aromatic N) is 4. The third-order valence-electron chi connectivity index (χ3n) is 5.80. The zero-order valence-electron chi connectivity index (χ0n) is 16.9. The first-order chi connectivity index (χ1) is 14.3. The predicted octanol–water partition coefficient (Wildman–Crippen LogP) is 1.01. The van der Waals surface area contributed by atoms with Gasteiger partial charge in [-0.25, -0.2) is 8.42 Å². The summed E-state index contributed by atoms with van der Waals surface area (Å²) >= 11 is 6.26. The molecule has 0 spiro atoms. The largest absolute Gasteiger partial charge is 0.351 e. The number of sulfonamides is 1. The molecule has 30 heavy (non-hydrogen) atoms. The minimum absolute atomic E-state index is 0.0527. The first-order valence-electron chi connectivity index (χ1n) is 10.1. The Bertz CT molecular complexity index is 1030. The van der Waals surface area contributed by atoms with Gasteiger partial charge in [-0.2, -0.15) is 4.31 Å². The summed E-state index contributed by atoms with van der Waals surface area (Å²) in [5, 5.41) is 4.47. The van der Waals surface area contributed by atoms with Gasteiger partial charge in [0.1, 0.15) is 0 Å². The van der Waals surface area contributed by atoms with Gasteiger partial charge in [0.25, 0.3) is 0 Å². The first kappa shape index (κ1) is 21.5. The molecule has 0 unspecified atom stereocenters. The number of pyridine rings is 1. The molecule has 0 bridgehead atoms. The summed E-state index contributed by atoms with van der Waals surface area (Å²) in [4.78, 5) is 21.0. The number of aromatic nitrogens is 1. The minimum atomic E-state index is -3.74. The highest BCUT2D eigenvalue weighted by atomic mass is 35.5. The number of likely N-dealkylation sites (N-methyl/N-ethyl adjacent to an activating group) is 1. The van der Waals surface area contributed by atoms with Crippen molar-refractivity contribution in [3.05, 3.63) is 35.6 Å². The van der Waals surface area contributed by atoms with Crippen LogP contribution in [0.15, 0.2) is 35.5 Å². The van der Waals surface area contributed by atoms with E-state index in [-0.39, 0.29) is 23.4 Å². The molecule has 4 rings (SSSR count). The zero-order valence-corrected chi connectivity index (χ0v) is 18.5. The fourth-order valence-electron chi connectivity index (χ4n) is 4.06. The summed E-state index contributed by atoms with van der Waals surface area (Å²) < 4.78 is 28.0. The second kappa shape index (κ2) is 8.76. The van der Waals surface area contributed by atoms with Gasteiger partial charge in [0.05, 0.1) is 16.5 Å². The lowest BCUT2D eigenvalue weighted by atomic mass is 10.2. The van der Waals surface area contributed by atoms with Gasteiger partial charge in [0, 0.05) is 68.5 Å². The van der Waals surface area contributed by atoms with E-state index in [4.69, 9.17) is 11.6 Å². The lowest BCUT2D eigenvalue weighted by Gasteiger charge is -2.32. The number of hydrogen-bond donors (Lipinski definition) is 1. The van der Waals surface area contributed by atoms with Crippen LogP contribution in [0.25, 0.3) is 10.8 Å². The Morgan fingerprint density at radius 2 is 1.97 bits per heavy atom. The fourth-order valence-corrected chi connectivity index (χ4v) is 6.12. The predicted molar refractivity (Wildman–Crippen MR) is 116 cm³/mol. The lowest BCUT2D eigenvalue weighted by molar-refractivity contribution is -0.123. The van der Waals surface area contributed by atoms with Crippen molar-refractivity contribution in [1.29, 1.82) is 0 Å². The third-order valence-corrected chi connectivity index (χ3v) is 7.99. The van der Waals surface area contributed by atoms with Crippen molar-refractivity contribution >= 4 is 38.3 Å². The van der Waals surface area contributed by atoms with Gasteiger partial charge >= 0.3 is 0 Å². The van der Waals surface area contributed by atoms with Crippen LogP contribution in [-0.4, -0.2) is 92.3 Å². The van der Waals surface area contributed by atoms with E-state index in [1.54, 1.807) is 24.4 Å². The molecule has 1 amide bonds. The summed E-state index contributed by atoms with van der Waals surface area (Å²) in [5.41, 5.74) is 0. The van der Waals surface area contributed by atoms with Crippen molar-refractivity contribution in [2.24, 2.45) is 0 Å². The third kappa shape index (κ3) is 4.45. The molecule has 10 heteroatoms. The van der Waals surface area contributed by atoms with E-state index < -0.39 is 10.0 Å². The van der Waals surface area contributed by atoms with Gasteiger partial charge in [0.2, 0.25) is 15.9 Å². The molecule has 0 radical (unpaired) electrons. The Labute approximate surface area is 181 Å². The van der Waals surface area contributed by atoms with Gasteiger partial charge in [0.15, 0.2) is 0 Å². The highest BCUT2D eigenvalue weighted by Gasteiger charge is 2.34. The summed E-state index contributed by atoms with van der Waals surface area (Å²) in [6.45, 7) is 4.61. The van der Waals surface area contributed by atoms with Gasteiger partial charge in [-0.1, -0.05) is 23.7 Å². The molecule has 2 aromatic rings. The molecule has 1 aromatic heterocycles. The van der Waals surface area contributed by atoms with Gasteiger partial charge in [-0.05, 0) is 19.5 Å². The molecular weight excluding hydrogens is 426 g/mol. The quantitative estimate of drug-likeness (QED) is 0.730. The van der Waals surface area contributed by atoms with Crippen molar-refractivity contribution < 1.29 is 13.2 Å². The highest BCUT2D eigenvalue weighted by Crippen LogP contribution is 2.32. The van der Waals surface area contributed by atoms with Crippen LogP contribution in [0.5, 0.6) is 0 Å². The van der Waals surface area contributed by atoms with Crippen molar-refractivity contribution in [3.8, 4) is 0 Å². The maximum absolute atomic E-state index is 13.3. The normalized spacial score (nSPS) is 21.9. The van der Waals surface area contributed by atoms with E-state index in [9.17, 15) is 13.2 Å². The number of piperazine rings is 1. The van der Waals surface area contributed by atoms with Crippen LogP contribution < -0.4 is 5.32 Å². The Kier molecular flexibility index (Phi) is 6.26. The van der Waals surface area contributed by atoms with Gasteiger partial charge in [-0.15, -0.1) is 0 Å². The van der Waals surface area contributed by atoms with Crippen LogP contribution >= 0.6 is 11.6 Å². The Morgan fingerprint density at radius 3 is 2.73 bits per heavy atom. The van der Waals surface area contributed by atoms with Crippen LogP contribution in [-0.2, 0) is 14.8 Å². The molecule has 1 atom stereocenters. The Morgan fingerprint density at radius 1 is 1.20 bits per heavy atom. The van der Waals surface area contributed by atoms with E-state index in [0.717, 1.165) is 26.2 Å². The van der Waals surface area contributed by atoms with E-state index in [0.29, 0.717) is 35.3 Å². The standard InChI is InChI=1S/C20H26ClN5O3S/c1-24-7-9-25(10-8-24)14-19(27)23-16-5-6-26(13-16)30(28,29)18-4-2-3-15-11-22-12-17(21)20(15)18/h2-4,11-12,16H,5-10,13-14H2,1H3,(H,23,27)/t16-/m1/s1. The Hall–Kier alpha value is -1.78. The molecule has 2 fully saturated rings. The zero-order chi connectivity index (χ0) is 21.3. The summed E-state index contributed by atoms with van der Waals surface area (Å²) in [7, 11) is -1.66. The van der Waals surface area contributed by atoms with Gasteiger partial charge < -0.3 is 10.2 Å². The second-order valence-corrected chi connectivity index (χ2v) is 10.3. The number of amides is 1. The number of hydrogen-bond acceptors (Lipinski definition) is 6. The molecule has 3 heterocycles. The van der Waals surface area contributed by atoms with Crippen LogP contribution in [0.1, 0.15) is 6.42 Å². The van der Waals surface area contributed by atoms with Crippen molar-refractivity contribution in [2.45, 2.75) is 17.4 Å². The maximum Gasteiger partial charge on any atom is 0.243 e. The molecular formula is C20H26ClN5O3S. The molecule has 162 valence electrons. The molecule has 8 nitrogen and oxygen atoms in total. The number of carbonyl (C=O) groups is 1. The molecule has 1 aromatic carbocycles. The van der Waals surface area contributed by atoms with E-state index >= 15 is 0 Å².